The predicted molar refractivity (Wildman–Crippen MR) is 78.7 cm³/mol. The van der Waals surface area contributed by atoms with Crippen molar-refractivity contribution in [2.45, 2.75) is 64.8 Å². The Morgan fingerprint density at radius 1 is 1.41 bits per heavy atom. The third kappa shape index (κ3) is 3.82. The summed E-state index contributed by atoms with van der Waals surface area (Å²) in [6.07, 6.45) is 6.88. The topological polar surface area (TPSA) is 9.23 Å². The number of hydrogen-bond acceptors (Lipinski definition) is 1. The lowest BCUT2D eigenvalue weighted by Gasteiger charge is -2.40. The van der Waals surface area contributed by atoms with Crippen molar-refractivity contribution in [1.29, 1.82) is 0 Å². The highest BCUT2D eigenvalue weighted by Crippen LogP contribution is 2.39. The van der Waals surface area contributed by atoms with Crippen LogP contribution in [0.3, 0.4) is 0 Å². The molecule has 1 nitrogen and oxygen atoms in total. The summed E-state index contributed by atoms with van der Waals surface area (Å²) >= 11 is 0. The summed E-state index contributed by atoms with van der Waals surface area (Å²) in [7, 11) is -1.64. The Labute approximate surface area is 108 Å². The smallest absolute Gasteiger partial charge is 0.192 e. The molecular formula is C15H28OSi. The normalized spacial score (nSPS) is 26.6. The predicted octanol–water partition coefficient (Wildman–Crippen LogP) is 4.92. The molecule has 2 atom stereocenters. The molecule has 0 amide bonds. The maximum absolute atomic E-state index is 6.46. The van der Waals surface area contributed by atoms with Gasteiger partial charge in [-0.1, -0.05) is 46.4 Å². The summed E-state index contributed by atoms with van der Waals surface area (Å²) in [5, 5.41) is 0.288. The molecule has 0 spiro atoms. The van der Waals surface area contributed by atoms with Crippen molar-refractivity contribution in [2.75, 3.05) is 0 Å². The van der Waals surface area contributed by atoms with E-state index in [4.69, 9.17) is 4.43 Å². The lowest BCUT2D eigenvalue weighted by Crippen LogP contribution is -2.44. The van der Waals surface area contributed by atoms with Gasteiger partial charge in [0.25, 0.3) is 0 Å². The minimum Gasteiger partial charge on any atom is -0.411 e. The van der Waals surface area contributed by atoms with Gasteiger partial charge in [0.1, 0.15) is 0 Å². The van der Waals surface area contributed by atoms with E-state index in [9.17, 15) is 0 Å². The molecule has 0 saturated carbocycles. The van der Waals surface area contributed by atoms with Crippen LogP contribution in [-0.2, 0) is 4.43 Å². The lowest BCUT2D eigenvalue weighted by molar-refractivity contribution is 0.186. The second-order valence-corrected chi connectivity index (χ2v) is 11.7. The quantitative estimate of drug-likeness (QED) is 0.648. The van der Waals surface area contributed by atoms with Gasteiger partial charge in [-0.05, 0) is 42.5 Å². The van der Waals surface area contributed by atoms with Gasteiger partial charge in [-0.25, -0.2) is 0 Å². The van der Waals surface area contributed by atoms with Gasteiger partial charge in [-0.2, -0.15) is 0 Å². The van der Waals surface area contributed by atoms with E-state index in [1.54, 1.807) is 0 Å². The Kier molecular flexibility index (Phi) is 4.42. The largest absolute Gasteiger partial charge is 0.411 e. The minimum atomic E-state index is -1.64. The van der Waals surface area contributed by atoms with Crippen LogP contribution in [-0.4, -0.2) is 14.4 Å². The van der Waals surface area contributed by atoms with Crippen molar-refractivity contribution in [1.82, 2.24) is 0 Å². The summed E-state index contributed by atoms with van der Waals surface area (Å²) in [6, 6.07) is 0. The van der Waals surface area contributed by atoms with Gasteiger partial charge >= 0.3 is 0 Å². The van der Waals surface area contributed by atoms with Crippen LogP contribution in [0.4, 0.5) is 0 Å². The molecule has 17 heavy (non-hydrogen) atoms. The molecular weight excluding hydrogens is 224 g/mol. The second-order valence-electron chi connectivity index (χ2n) is 6.91. The monoisotopic (exact) mass is 252 g/mol. The van der Waals surface area contributed by atoms with Gasteiger partial charge in [0.2, 0.25) is 0 Å². The minimum absolute atomic E-state index is 0.288. The molecule has 2 heteroatoms. The van der Waals surface area contributed by atoms with Crippen LogP contribution in [0.2, 0.25) is 18.1 Å². The summed E-state index contributed by atoms with van der Waals surface area (Å²) in [4.78, 5) is 0. The van der Waals surface area contributed by atoms with Gasteiger partial charge in [0.05, 0.1) is 6.10 Å². The summed E-state index contributed by atoms with van der Waals surface area (Å²) in [5.41, 5.74) is 1.35. The maximum atomic E-state index is 6.46. The van der Waals surface area contributed by atoms with E-state index in [2.05, 4.69) is 53.4 Å². The molecule has 0 unspecified atom stereocenters. The molecule has 1 aliphatic carbocycles. The molecule has 0 aliphatic heterocycles. The van der Waals surface area contributed by atoms with Crippen LogP contribution in [0.5, 0.6) is 0 Å². The first-order chi connectivity index (χ1) is 7.65. The van der Waals surface area contributed by atoms with Crippen molar-refractivity contribution in [3.8, 4) is 0 Å². The van der Waals surface area contributed by atoms with E-state index in [0.29, 0.717) is 12.0 Å². The Balaban J connectivity index is 2.78. The van der Waals surface area contributed by atoms with Crippen LogP contribution in [0.15, 0.2) is 24.3 Å². The Hall–Kier alpha value is -0.343. The molecule has 98 valence electrons. The van der Waals surface area contributed by atoms with Crippen LogP contribution in [0, 0.1) is 5.92 Å². The first kappa shape index (κ1) is 14.7. The van der Waals surface area contributed by atoms with Crippen LogP contribution in [0.1, 0.15) is 40.5 Å². The van der Waals surface area contributed by atoms with Gasteiger partial charge in [-0.15, -0.1) is 0 Å². The zero-order valence-electron chi connectivity index (χ0n) is 12.3. The fourth-order valence-electron chi connectivity index (χ4n) is 2.05. The van der Waals surface area contributed by atoms with Gasteiger partial charge in [-0.3, -0.25) is 0 Å². The number of allylic oxidation sites excluding steroid dienone is 2. The molecule has 0 saturated heterocycles. The second kappa shape index (κ2) is 5.11. The highest BCUT2D eigenvalue weighted by molar-refractivity contribution is 6.74. The Morgan fingerprint density at radius 3 is 2.47 bits per heavy atom. The highest BCUT2D eigenvalue weighted by Gasteiger charge is 2.39. The Bertz CT molecular complexity index is 309. The van der Waals surface area contributed by atoms with Gasteiger partial charge in [0, 0.05) is 0 Å². The molecule has 1 aliphatic rings. The fourth-order valence-corrected chi connectivity index (χ4v) is 3.32. The standard InChI is InChI=1S/C15H28OSi/c1-8-13-9-12(2)10-14(11-13)16-17(6,7)15(3,4)5/h8,11-12,14H,1,9-10H2,2-7H3/t12-,14+/m1/s1. The van der Waals surface area contributed by atoms with E-state index in [1.165, 1.54) is 5.57 Å². The highest BCUT2D eigenvalue weighted by atomic mass is 28.4. The van der Waals surface area contributed by atoms with Crippen molar-refractivity contribution in [2.24, 2.45) is 5.92 Å². The zero-order chi connectivity index (χ0) is 13.3. The zero-order valence-corrected chi connectivity index (χ0v) is 13.3. The van der Waals surface area contributed by atoms with Crippen LogP contribution < -0.4 is 0 Å². The maximum Gasteiger partial charge on any atom is 0.192 e. The molecule has 0 aromatic rings. The molecule has 0 aromatic heterocycles. The van der Waals surface area contributed by atoms with Crippen molar-refractivity contribution in [3.63, 3.8) is 0 Å². The van der Waals surface area contributed by atoms with E-state index in [0.717, 1.165) is 12.8 Å². The SMILES string of the molecule is C=CC1=C[C@@H](O[Si](C)(C)C(C)(C)C)C[C@H](C)C1. The molecule has 0 heterocycles. The van der Waals surface area contributed by atoms with Crippen molar-refractivity contribution < 1.29 is 4.43 Å². The third-order valence-corrected chi connectivity index (χ3v) is 8.64. The Morgan fingerprint density at radius 2 is 2.00 bits per heavy atom. The number of rotatable bonds is 3. The van der Waals surface area contributed by atoms with E-state index in [1.807, 2.05) is 6.08 Å². The molecule has 0 radical (unpaired) electrons. The number of hydrogen-bond donors (Lipinski definition) is 0. The summed E-state index contributed by atoms with van der Waals surface area (Å²) in [6.45, 7) is 17.7. The molecule has 0 fully saturated rings. The molecule has 1 rings (SSSR count). The first-order valence-electron chi connectivity index (χ1n) is 6.66. The average molecular weight is 252 g/mol. The summed E-state index contributed by atoms with van der Waals surface area (Å²) in [5.74, 6) is 0.711. The third-order valence-electron chi connectivity index (χ3n) is 4.13. The van der Waals surface area contributed by atoms with Crippen molar-refractivity contribution >= 4 is 8.32 Å². The van der Waals surface area contributed by atoms with E-state index < -0.39 is 8.32 Å². The first-order valence-corrected chi connectivity index (χ1v) is 9.57. The fraction of sp³-hybridized carbons (Fsp3) is 0.733. The van der Waals surface area contributed by atoms with E-state index >= 15 is 0 Å². The average Bonchev–Trinajstić information content (AvgIpc) is 2.14. The van der Waals surface area contributed by atoms with Crippen molar-refractivity contribution in [3.05, 3.63) is 24.3 Å². The van der Waals surface area contributed by atoms with Gasteiger partial charge < -0.3 is 4.43 Å². The molecule has 0 bridgehead atoms. The van der Waals surface area contributed by atoms with Gasteiger partial charge in [0.15, 0.2) is 8.32 Å². The lowest BCUT2D eigenvalue weighted by atomic mass is 9.89. The van der Waals surface area contributed by atoms with Crippen LogP contribution >= 0.6 is 0 Å². The van der Waals surface area contributed by atoms with Crippen LogP contribution in [0.25, 0.3) is 0 Å². The molecule has 0 N–H and O–H groups in total. The summed E-state index contributed by atoms with van der Waals surface area (Å²) < 4.78 is 6.46. The molecule has 0 aromatic carbocycles. The van der Waals surface area contributed by atoms with E-state index in [-0.39, 0.29) is 5.04 Å².